The van der Waals surface area contributed by atoms with E-state index in [0.717, 1.165) is 52.0 Å². The molecule has 0 saturated carbocycles. The summed E-state index contributed by atoms with van der Waals surface area (Å²) in [6, 6.07) is 0. The average molecular weight is 213 g/mol. The quantitative estimate of drug-likeness (QED) is 0.549. The number of carbonyl (C=O) groups excluding carboxylic acids is 1. The minimum absolute atomic E-state index is 0.185. The van der Waals surface area contributed by atoms with Crippen molar-refractivity contribution < 1.29 is 4.79 Å². The number of nitrogens with one attached hydrogen (secondary N) is 3. The minimum atomic E-state index is 0.185. The average Bonchev–Trinajstić information content (AvgIpc) is 2.30. The van der Waals surface area contributed by atoms with Gasteiger partial charge in [0.2, 0.25) is 5.91 Å². The Morgan fingerprint density at radius 2 is 2.27 bits per heavy atom. The molecule has 1 rings (SSSR count). The second-order valence-corrected chi connectivity index (χ2v) is 4.08. The summed E-state index contributed by atoms with van der Waals surface area (Å²) < 4.78 is 0. The third-order valence-corrected chi connectivity index (χ3v) is 2.70. The van der Waals surface area contributed by atoms with Crippen LogP contribution in [0.15, 0.2) is 0 Å². The minimum Gasteiger partial charge on any atom is -0.355 e. The Hall–Kier alpha value is -0.610. The van der Waals surface area contributed by atoms with E-state index in [9.17, 15) is 4.79 Å². The summed E-state index contributed by atoms with van der Waals surface area (Å²) in [4.78, 5) is 11.7. The van der Waals surface area contributed by atoms with Gasteiger partial charge >= 0.3 is 0 Å². The molecule has 15 heavy (non-hydrogen) atoms. The van der Waals surface area contributed by atoms with Crippen molar-refractivity contribution in [3.63, 3.8) is 0 Å². The lowest BCUT2D eigenvalue weighted by Gasteiger charge is -2.21. The zero-order valence-corrected chi connectivity index (χ0v) is 9.64. The van der Waals surface area contributed by atoms with Crippen molar-refractivity contribution in [1.29, 1.82) is 0 Å². The summed E-state index contributed by atoms with van der Waals surface area (Å²) in [6.07, 6.45) is 3.29. The van der Waals surface area contributed by atoms with Crippen LogP contribution in [0, 0.1) is 5.92 Å². The Bertz CT molecular complexity index is 179. The van der Waals surface area contributed by atoms with Gasteiger partial charge in [0.05, 0.1) is 5.92 Å². The number of hydrogen-bond acceptors (Lipinski definition) is 3. The first-order chi connectivity index (χ1) is 7.34. The van der Waals surface area contributed by atoms with E-state index in [4.69, 9.17) is 0 Å². The molecule has 1 aliphatic rings. The van der Waals surface area contributed by atoms with Crippen molar-refractivity contribution >= 4 is 5.91 Å². The first-order valence-corrected chi connectivity index (χ1v) is 6.03. The van der Waals surface area contributed by atoms with E-state index in [-0.39, 0.29) is 11.8 Å². The first kappa shape index (κ1) is 12.5. The van der Waals surface area contributed by atoms with Crippen LogP contribution in [0.5, 0.6) is 0 Å². The van der Waals surface area contributed by atoms with Gasteiger partial charge in [-0.1, -0.05) is 6.92 Å². The maximum absolute atomic E-state index is 11.7. The lowest BCUT2D eigenvalue weighted by atomic mass is 9.99. The standard InChI is InChI=1S/C11H23N3O/c1-2-5-12-7-8-14-11(15)10-4-3-6-13-9-10/h10,12-13H,2-9H2,1H3,(H,14,15)/t10-/m1/s1. The van der Waals surface area contributed by atoms with Crippen LogP contribution in [0.3, 0.4) is 0 Å². The fourth-order valence-electron chi connectivity index (χ4n) is 1.80. The lowest BCUT2D eigenvalue weighted by molar-refractivity contribution is -0.125. The lowest BCUT2D eigenvalue weighted by Crippen LogP contribution is -2.42. The highest BCUT2D eigenvalue weighted by molar-refractivity contribution is 5.78. The van der Waals surface area contributed by atoms with Gasteiger partial charge < -0.3 is 16.0 Å². The van der Waals surface area contributed by atoms with Crippen LogP contribution in [-0.4, -0.2) is 38.6 Å². The van der Waals surface area contributed by atoms with Crippen LogP contribution >= 0.6 is 0 Å². The molecule has 0 aliphatic carbocycles. The number of rotatable bonds is 6. The molecule has 88 valence electrons. The predicted octanol–water partition coefficient (Wildman–Crippen LogP) is 0.102. The van der Waals surface area contributed by atoms with Crippen molar-refractivity contribution in [2.24, 2.45) is 5.92 Å². The van der Waals surface area contributed by atoms with Crippen molar-refractivity contribution in [2.45, 2.75) is 26.2 Å². The molecule has 0 radical (unpaired) electrons. The molecule has 4 nitrogen and oxygen atoms in total. The molecule has 1 heterocycles. The first-order valence-electron chi connectivity index (χ1n) is 6.03. The summed E-state index contributed by atoms with van der Waals surface area (Å²) in [7, 11) is 0. The van der Waals surface area contributed by atoms with Crippen molar-refractivity contribution in [2.75, 3.05) is 32.7 Å². The summed E-state index contributed by atoms with van der Waals surface area (Å²) in [5.74, 6) is 0.394. The summed E-state index contributed by atoms with van der Waals surface area (Å²) in [5.41, 5.74) is 0. The Kier molecular flexibility index (Phi) is 6.36. The zero-order valence-electron chi connectivity index (χ0n) is 9.64. The van der Waals surface area contributed by atoms with Gasteiger partial charge in [0.15, 0.2) is 0 Å². The smallest absolute Gasteiger partial charge is 0.224 e. The third kappa shape index (κ3) is 5.14. The Labute approximate surface area is 92.2 Å². The molecule has 0 aromatic heterocycles. The molecule has 0 spiro atoms. The zero-order chi connectivity index (χ0) is 10.9. The molecule has 1 atom stereocenters. The molecule has 3 N–H and O–H groups in total. The maximum Gasteiger partial charge on any atom is 0.224 e. The molecule has 4 heteroatoms. The van der Waals surface area contributed by atoms with Gasteiger partial charge in [0.25, 0.3) is 0 Å². The normalized spacial score (nSPS) is 21.3. The molecule has 0 aromatic carbocycles. The van der Waals surface area contributed by atoms with E-state index >= 15 is 0 Å². The highest BCUT2D eigenvalue weighted by Crippen LogP contribution is 2.09. The summed E-state index contributed by atoms with van der Waals surface area (Å²) >= 11 is 0. The second kappa shape index (κ2) is 7.65. The molecule has 1 fully saturated rings. The van der Waals surface area contributed by atoms with Crippen LogP contribution in [0.4, 0.5) is 0 Å². The number of carbonyl (C=O) groups is 1. The predicted molar refractivity (Wildman–Crippen MR) is 61.8 cm³/mol. The van der Waals surface area contributed by atoms with Crippen molar-refractivity contribution in [3.05, 3.63) is 0 Å². The van der Waals surface area contributed by atoms with Gasteiger partial charge in [-0.2, -0.15) is 0 Å². The van der Waals surface area contributed by atoms with Crippen LogP contribution < -0.4 is 16.0 Å². The SMILES string of the molecule is CCCNCCNC(=O)[C@@H]1CCCNC1. The molecule has 1 saturated heterocycles. The van der Waals surface area contributed by atoms with Crippen LogP contribution in [0.2, 0.25) is 0 Å². The van der Waals surface area contributed by atoms with Gasteiger partial charge in [-0.3, -0.25) is 4.79 Å². The largest absolute Gasteiger partial charge is 0.355 e. The van der Waals surface area contributed by atoms with Gasteiger partial charge in [-0.05, 0) is 32.4 Å². The third-order valence-electron chi connectivity index (χ3n) is 2.70. The van der Waals surface area contributed by atoms with Gasteiger partial charge in [-0.15, -0.1) is 0 Å². The Morgan fingerprint density at radius 1 is 1.40 bits per heavy atom. The fourth-order valence-corrected chi connectivity index (χ4v) is 1.80. The second-order valence-electron chi connectivity index (χ2n) is 4.08. The Morgan fingerprint density at radius 3 is 2.93 bits per heavy atom. The monoisotopic (exact) mass is 213 g/mol. The maximum atomic E-state index is 11.7. The van der Waals surface area contributed by atoms with Crippen LogP contribution in [-0.2, 0) is 4.79 Å². The van der Waals surface area contributed by atoms with E-state index < -0.39 is 0 Å². The number of amides is 1. The molecule has 1 amide bonds. The fraction of sp³-hybridized carbons (Fsp3) is 0.909. The molecule has 0 aromatic rings. The summed E-state index contributed by atoms with van der Waals surface area (Å²) in [6.45, 7) is 6.69. The van der Waals surface area contributed by atoms with Crippen molar-refractivity contribution in [1.82, 2.24) is 16.0 Å². The number of piperidine rings is 1. The van der Waals surface area contributed by atoms with Crippen LogP contribution in [0.1, 0.15) is 26.2 Å². The van der Waals surface area contributed by atoms with E-state index in [1.807, 2.05) is 0 Å². The van der Waals surface area contributed by atoms with E-state index in [1.54, 1.807) is 0 Å². The molecular weight excluding hydrogens is 190 g/mol. The van der Waals surface area contributed by atoms with Gasteiger partial charge in [0.1, 0.15) is 0 Å². The van der Waals surface area contributed by atoms with E-state index in [2.05, 4.69) is 22.9 Å². The van der Waals surface area contributed by atoms with Crippen LogP contribution in [0.25, 0.3) is 0 Å². The van der Waals surface area contributed by atoms with Crippen molar-refractivity contribution in [3.8, 4) is 0 Å². The highest BCUT2D eigenvalue weighted by Gasteiger charge is 2.19. The molecule has 0 unspecified atom stereocenters. The number of hydrogen-bond donors (Lipinski definition) is 3. The van der Waals surface area contributed by atoms with Gasteiger partial charge in [0, 0.05) is 19.6 Å². The summed E-state index contributed by atoms with van der Waals surface area (Å²) in [5, 5.41) is 9.48. The van der Waals surface area contributed by atoms with E-state index in [0.29, 0.717) is 0 Å². The van der Waals surface area contributed by atoms with Gasteiger partial charge in [-0.25, -0.2) is 0 Å². The topological polar surface area (TPSA) is 53.2 Å². The molecular formula is C11H23N3O. The highest BCUT2D eigenvalue weighted by atomic mass is 16.1. The molecule has 1 aliphatic heterocycles. The molecule has 0 bridgehead atoms. The Balaban J connectivity index is 2.02. The van der Waals surface area contributed by atoms with E-state index in [1.165, 1.54) is 0 Å².